The van der Waals surface area contributed by atoms with E-state index in [1.54, 1.807) is 43.5 Å². The number of piperidine rings is 1. The van der Waals surface area contributed by atoms with Gasteiger partial charge in [-0.15, -0.1) is 0 Å². The maximum atomic E-state index is 12.8. The van der Waals surface area contributed by atoms with Crippen LogP contribution in [-0.4, -0.2) is 34.7 Å². The van der Waals surface area contributed by atoms with Crippen molar-refractivity contribution in [3.05, 3.63) is 77.8 Å². The molecule has 162 valence electrons. The van der Waals surface area contributed by atoms with E-state index in [0.29, 0.717) is 10.7 Å². The molecule has 1 unspecified atom stereocenters. The van der Waals surface area contributed by atoms with Crippen LogP contribution in [0.3, 0.4) is 0 Å². The van der Waals surface area contributed by atoms with Gasteiger partial charge in [-0.2, -0.15) is 0 Å². The molecule has 1 N–H and O–H groups in total. The van der Waals surface area contributed by atoms with Crippen LogP contribution in [0, 0.1) is 0 Å². The van der Waals surface area contributed by atoms with E-state index in [-0.39, 0.29) is 11.0 Å². The lowest BCUT2D eigenvalue weighted by molar-refractivity contribution is 0.0893. The van der Waals surface area contributed by atoms with Gasteiger partial charge in [-0.3, -0.25) is 4.72 Å². The highest BCUT2D eigenvalue weighted by atomic mass is 35.5. The zero-order valence-corrected chi connectivity index (χ0v) is 18.9. The fourth-order valence-electron chi connectivity index (χ4n) is 3.79. The molecule has 0 aromatic heterocycles. The molecular formula is C24H25ClN2O3S. The van der Waals surface area contributed by atoms with Crippen molar-refractivity contribution < 1.29 is 13.2 Å². The van der Waals surface area contributed by atoms with Crippen LogP contribution in [0.15, 0.2) is 77.7 Å². The predicted molar refractivity (Wildman–Crippen MR) is 126 cm³/mol. The first-order valence-corrected chi connectivity index (χ1v) is 12.1. The SMILES string of the molecule is COC1CCCN(c2ccc(NS(=O)(=O)c3ccc(-c4ccc(Cl)cc4)cc3)cc2)C1. The zero-order valence-electron chi connectivity index (χ0n) is 17.3. The van der Waals surface area contributed by atoms with Gasteiger partial charge in [0.2, 0.25) is 0 Å². The Balaban J connectivity index is 1.45. The molecule has 1 aliphatic rings. The highest BCUT2D eigenvalue weighted by Gasteiger charge is 2.20. The van der Waals surface area contributed by atoms with Gasteiger partial charge in [-0.05, 0) is 72.5 Å². The van der Waals surface area contributed by atoms with E-state index < -0.39 is 10.0 Å². The van der Waals surface area contributed by atoms with Crippen molar-refractivity contribution in [1.29, 1.82) is 0 Å². The molecule has 0 radical (unpaired) electrons. The van der Waals surface area contributed by atoms with Gasteiger partial charge in [0.05, 0.1) is 11.0 Å². The number of nitrogens with zero attached hydrogens (tertiary/aromatic N) is 1. The van der Waals surface area contributed by atoms with Gasteiger partial charge in [0.15, 0.2) is 0 Å². The molecule has 0 saturated carbocycles. The van der Waals surface area contributed by atoms with Crippen LogP contribution >= 0.6 is 11.6 Å². The average Bonchev–Trinajstić information content (AvgIpc) is 2.80. The number of hydrogen-bond acceptors (Lipinski definition) is 4. The fourth-order valence-corrected chi connectivity index (χ4v) is 4.97. The molecule has 1 atom stereocenters. The monoisotopic (exact) mass is 456 g/mol. The Morgan fingerprint density at radius 2 is 1.55 bits per heavy atom. The summed E-state index contributed by atoms with van der Waals surface area (Å²) in [7, 11) is -1.93. The van der Waals surface area contributed by atoms with Crippen LogP contribution < -0.4 is 9.62 Å². The molecule has 1 heterocycles. The average molecular weight is 457 g/mol. The Hall–Kier alpha value is -2.54. The minimum atomic E-state index is -3.67. The van der Waals surface area contributed by atoms with Gasteiger partial charge in [-0.25, -0.2) is 8.42 Å². The van der Waals surface area contributed by atoms with Crippen LogP contribution in [0.25, 0.3) is 11.1 Å². The lowest BCUT2D eigenvalue weighted by Crippen LogP contribution is -2.39. The number of sulfonamides is 1. The number of ether oxygens (including phenoxy) is 1. The van der Waals surface area contributed by atoms with Crippen molar-refractivity contribution in [3.8, 4) is 11.1 Å². The summed E-state index contributed by atoms with van der Waals surface area (Å²) in [5.74, 6) is 0. The second kappa shape index (κ2) is 9.30. The molecule has 0 spiro atoms. The number of nitrogens with one attached hydrogen (secondary N) is 1. The van der Waals surface area contributed by atoms with Crippen LogP contribution in [0.5, 0.6) is 0 Å². The van der Waals surface area contributed by atoms with Gasteiger partial charge in [0.1, 0.15) is 0 Å². The van der Waals surface area contributed by atoms with Gasteiger partial charge in [0, 0.05) is 36.6 Å². The van der Waals surface area contributed by atoms with E-state index in [0.717, 1.165) is 42.7 Å². The van der Waals surface area contributed by atoms with Gasteiger partial charge in [0.25, 0.3) is 10.0 Å². The summed E-state index contributed by atoms with van der Waals surface area (Å²) in [6.07, 6.45) is 2.39. The van der Waals surface area contributed by atoms with E-state index in [1.165, 1.54) is 0 Å². The molecule has 1 aliphatic heterocycles. The third-order valence-electron chi connectivity index (χ3n) is 5.54. The second-order valence-electron chi connectivity index (χ2n) is 7.63. The van der Waals surface area contributed by atoms with Gasteiger partial charge < -0.3 is 9.64 Å². The molecular weight excluding hydrogens is 432 g/mol. The maximum absolute atomic E-state index is 12.8. The number of benzene rings is 3. The molecule has 1 fully saturated rings. The number of hydrogen-bond donors (Lipinski definition) is 1. The number of methoxy groups -OCH3 is 1. The van der Waals surface area contributed by atoms with Gasteiger partial charge >= 0.3 is 0 Å². The van der Waals surface area contributed by atoms with Crippen molar-refractivity contribution in [3.63, 3.8) is 0 Å². The third kappa shape index (κ3) is 5.21. The van der Waals surface area contributed by atoms with Crippen molar-refractivity contribution in [2.24, 2.45) is 0 Å². The van der Waals surface area contributed by atoms with Crippen LogP contribution in [-0.2, 0) is 14.8 Å². The number of rotatable bonds is 6. The van der Waals surface area contributed by atoms with E-state index >= 15 is 0 Å². The lowest BCUT2D eigenvalue weighted by atomic mass is 10.1. The van der Waals surface area contributed by atoms with Crippen molar-refractivity contribution >= 4 is 33.0 Å². The molecule has 0 aliphatic carbocycles. The number of anilines is 2. The Kier molecular flexibility index (Phi) is 6.51. The summed E-state index contributed by atoms with van der Waals surface area (Å²) in [4.78, 5) is 2.49. The second-order valence-corrected chi connectivity index (χ2v) is 9.75. The summed E-state index contributed by atoms with van der Waals surface area (Å²) < 4.78 is 33.8. The topological polar surface area (TPSA) is 58.6 Å². The van der Waals surface area contributed by atoms with Gasteiger partial charge in [-0.1, -0.05) is 35.9 Å². The Labute approximate surface area is 188 Å². The molecule has 3 aromatic carbocycles. The third-order valence-corrected chi connectivity index (χ3v) is 7.19. The van der Waals surface area contributed by atoms with Crippen molar-refractivity contribution in [2.75, 3.05) is 29.8 Å². The first-order chi connectivity index (χ1) is 14.9. The minimum Gasteiger partial charge on any atom is -0.380 e. The minimum absolute atomic E-state index is 0.216. The molecule has 1 saturated heterocycles. The molecule has 4 rings (SSSR count). The fraction of sp³-hybridized carbons (Fsp3) is 0.250. The van der Waals surface area contributed by atoms with E-state index in [2.05, 4.69) is 9.62 Å². The highest BCUT2D eigenvalue weighted by molar-refractivity contribution is 7.92. The van der Waals surface area contributed by atoms with Crippen molar-refractivity contribution in [2.45, 2.75) is 23.8 Å². The summed E-state index contributed by atoms with van der Waals surface area (Å²) in [5.41, 5.74) is 3.50. The molecule has 5 nitrogen and oxygen atoms in total. The molecule has 0 bridgehead atoms. The first-order valence-electron chi connectivity index (χ1n) is 10.2. The zero-order chi connectivity index (χ0) is 21.8. The van der Waals surface area contributed by atoms with E-state index in [4.69, 9.17) is 16.3 Å². The normalized spacial score (nSPS) is 16.8. The molecule has 3 aromatic rings. The summed E-state index contributed by atoms with van der Waals surface area (Å²) >= 11 is 5.93. The number of halogens is 1. The Morgan fingerprint density at radius 1 is 0.935 bits per heavy atom. The van der Waals surface area contributed by atoms with E-state index in [1.807, 2.05) is 36.4 Å². The quantitative estimate of drug-likeness (QED) is 0.537. The highest BCUT2D eigenvalue weighted by Crippen LogP contribution is 2.26. The van der Waals surface area contributed by atoms with Crippen LogP contribution in [0.2, 0.25) is 5.02 Å². The summed E-state index contributed by atoms with van der Waals surface area (Å²) in [6.45, 7) is 1.83. The van der Waals surface area contributed by atoms with Crippen molar-refractivity contribution in [1.82, 2.24) is 0 Å². The molecule has 0 amide bonds. The smallest absolute Gasteiger partial charge is 0.261 e. The van der Waals surface area contributed by atoms with Crippen LogP contribution in [0.1, 0.15) is 12.8 Å². The maximum Gasteiger partial charge on any atom is 0.261 e. The standard InChI is InChI=1S/C24H25ClN2O3S/c1-30-23-3-2-16-27(17-23)22-12-10-21(11-13-22)26-31(28,29)24-14-6-19(7-15-24)18-4-8-20(25)9-5-18/h4-15,23,26H,2-3,16-17H2,1H3. The summed E-state index contributed by atoms with van der Waals surface area (Å²) in [6, 6.07) is 21.7. The lowest BCUT2D eigenvalue weighted by Gasteiger charge is -2.33. The Morgan fingerprint density at radius 3 is 2.16 bits per heavy atom. The Bertz CT molecular complexity index is 1110. The van der Waals surface area contributed by atoms with E-state index in [9.17, 15) is 8.42 Å². The molecule has 7 heteroatoms. The largest absolute Gasteiger partial charge is 0.380 e. The first kappa shape index (κ1) is 21.7. The predicted octanol–water partition coefficient (Wildman–Crippen LogP) is 5.42. The molecule has 31 heavy (non-hydrogen) atoms. The summed E-state index contributed by atoms with van der Waals surface area (Å²) in [5, 5.41) is 0.664. The van der Waals surface area contributed by atoms with Crippen LogP contribution in [0.4, 0.5) is 11.4 Å².